The smallest absolute Gasteiger partial charge is 0.188 e. The number of rotatable bonds is 2. The Hall–Kier alpha value is -2.01. The van der Waals surface area contributed by atoms with E-state index in [0.29, 0.717) is 15.3 Å². The number of para-hydroxylation sites is 1. The summed E-state index contributed by atoms with van der Waals surface area (Å²) in [4.78, 5) is 4.21. The van der Waals surface area contributed by atoms with Gasteiger partial charge in [0, 0.05) is 11.8 Å². The molecule has 2 nitrogen and oxygen atoms in total. The van der Waals surface area contributed by atoms with E-state index in [1.54, 1.807) is 0 Å². The Bertz CT molecular complexity index is 656. The fraction of sp³-hybridized carbons (Fsp3) is 0. The quantitative estimate of drug-likeness (QED) is 0.744. The number of benzene rings is 2. The first-order valence-electron chi connectivity index (χ1n) is 5.30. The van der Waals surface area contributed by atoms with Gasteiger partial charge in [0.2, 0.25) is 0 Å². The van der Waals surface area contributed by atoms with E-state index in [1.165, 1.54) is 17.4 Å². The Morgan fingerprint density at radius 2 is 1.72 bits per heavy atom. The average molecular weight is 262 g/mol. The third-order valence-electron chi connectivity index (χ3n) is 2.46. The summed E-state index contributed by atoms with van der Waals surface area (Å²) in [5, 5.41) is 3.71. The Morgan fingerprint density at radius 1 is 1.00 bits per heavy atom. The second kappa shape index (κ2) is 4.34. The van der Waals surface area contributed by atoms with Crippen molar-refractivity contribution < 1.29 is 8.78 Å². The van der Waals surface area contributed by atoms with Crippen LogP contribution in [-0.4, -0.2) is 4.98 Å². The molecule has 0 saturated heterocycles. The molecule has 0 spiro atoms. The van der Waals surface area contributed by atoms with E-state index in [4.69, 9.17) is 0 Å². The van der Waals surface area contributed by atoms with Crippen LogP contribution in [0.15, 0.2) is 42.5 Å². The minimum absolute atomic E-state index is 0.456. The lowest BCUT2D eigenvalue weighted by molar-refractivity contribution is 0.511. The van der Waals surface area contributed by atoms with Gasteiger partial charge in [0.05, 0.1) is 10.2 Å². The van der Waals surface area contributed by atoms with Gasteiger partial charge < -0.3 is 5.32 Å². The topological polar surface area (TPSA) is 24.9 Å². The van der Waals surface area contributed by atoms with Crippen LogP contribution in [0.1, 0.15) is 0 Å². The maximum Gasteiger partial charge on any atom is 0.188 e. The molecule has 0 aliphatic carbocycles. The van der Waals surface area contributed by atoms with Crippen LogP contribution in [0, 0.1) is 11.6 Å². The molecule has 1 aromatic heterocycles. The van der Waals surface area contributed by atoms with Crippen molar-refractivity contribution in [2.24, 2.45) is 0 Å². The summed E-state index contributed by atoms with van der Waals surface area (Å²) in [5.74, 6) is -1.73. The van der Waals surface area contributed by atoms with E-state index >= 15 is 0 Å². The zero-order chi connectivity index (χ0) is 12.5. The maximum atomic E-state index is 13.1. The first kappa shape index (κ1) is 11.1. The molecule has 0 fully saturated rings. The summed E-state index contributed by atoms with van der Waals surface area (Å²) in [6, 6.07) is 11.8. The molecule has 0 saturated carbocycles. The monoisotopic (exact) mass is 262 g/mol. The highest BCUT2D eigenvalue weighted by atomic mass is 32.1. The van der Waals surface area contributed by atoms with E-state index in [0.717, 1.165) is 11.8 Å². The predicted molar refractivity (Wildman–Crippen MR) is 69.3 cm³/mol. The van der Waals surface area contributed by atoms with Crippen molar-refractivity contribution in [3.8, 4) is 0 Å². The van der Waals surface area contributed by atoms with E-state index in [1.807, 2.05) is 30.3 Å². The number of nitrogens with one attached hydrogen (secondary N) is 1. The van der Waals surface area contributed by atoms with Crippen molar-refractivity contribution in [1.82, 2.24) is 4.98 Å². The minimum atomic E-state index is -0.876. The fourth-order valence-corrected chi connectivity index (χ4v) is 2.51. The van der Waals surface area contributed by atoms with Crippen LogP contribution in [-0.2, 0) is 0 Å². The number of anilines is 2. The van der Waals surface area contributed by atoms with E-state index in [2.05, 4.69) is 10.3 Å². The summed E-state index contributed by atoms with van der Waals surface area (Å²) in [5.41, 5.74) is 1.34. The summed E-state index contributed by atoms with van der Waals surface area (Å²) in [6.45, 7) is 0. The Balaban J connectivity index is 1.99. The third kappa shape index (κ3) is 2.04. The first-order chi connectivity index (χ1) is 8.72. The highest BCUT2D eigenvalue weighted by Gasteiger charge is 2.09. The molecule has 0 aliphatic rings. The Morgan fingerprint density at radius 3 is 2.50 bits per heavy atom. The molecule has 3 rings (SSSR count). The van der Waals surface area contributed by atoms with Crippen LogP contribution in [0.4, 0.5) is 19.6 Å². The number of halogens is 2. The largest absolute Gasteiger partial charge is 0.332 e. The molecular weight excluding hydrogens is 254 g/mol. The van der Waals surface area contributed by atoms with Crippen molar-refractivity contribution >= 4 is 32.4 Å². The molecule has 18 heavy (non-hydrogen) atoms. The SMILES string of the molecule is Fc1cc2nc(Nc3ccccc3)sc2cc1F. The number of hydrogen-bond donors (Lipinski definition) is 1. The van der Waals surface area contributed by atoms with Gasteiger partial charge in [-0.1, -0.05) is 29.5 Å². The van der Waals surface area contributed by atoms with Crippen molar-refractivity contribution in [3.05, 3.63) is 54.1 Å². The molecule has 1 N–H and O–H groups in total. The predicted octanol–water partition coefficient (Wildman–Crippen LogP) is 4.32. The number of fused-ring (bicyclic) bond motifs is 1. The Labute approximate surface area is 106 Å². The normalized spacial score (nSPS) is 10.8. The van der Waals surface area contributed by atoms with Gasteiger partial charge >= 0.3 is 0 Å². The number of nitrogens with zero attached hydrogens (tertiary/aromatic N) is 1. The molecule has 0 atom stereocenters. The molecule has 0 bridgehead atoms. The molecule has 0 aliphatic heterocycles. The fourth-order valence-electron chi connectivity index (χ4n) is 1.62. The molecular formula is C13H8F2N2S. The second-order valence-corrected chi connectivity index (χ2v) is 4.77. The standard InChI is InChI=1S/C13H8F2N2S/c14-9-6-11-12(7-10(9)15)18-13(17-11)16-8-4-2-1-3-5-8/h1-7H,(H,16,17). The lowest BCUT2D eigenvalue weighted by Gasteiger charge is -1.99. The van der Waals surface area contributed by atoms with E-state index in [9.17, 15) is 8.78 Å². The van der Waals surface area contributed by atoms with Gasteiger partial charge in [-0.15, -0.1) is 0 Å². The maximum absolute atomic E-state index is 13.1. The van der Waals surface area contributed by atoms with Gasteiger partial charge in [0.1, 0.15) is 0 Å². The highest BCUT2D eigenvalue weighted by Crippen LogP contribution is 2.29. The molecule has 0 unspecified atom stereocenters. The lowest BCUT2D eigenvalue weighted by Crippen LogP contribution is -1.87. The van der Waals surface area contributed by atoms with Crippen molar-refractivity contribution in [2.75, 3.05) is 5.32 Å². The van der Waals surface area contributed by atoms with Gasteiger partial charge in [0.15, 0.2) is 16.8 Å². The molecule has 5 heteroatoms. The molecule has 90 valence electrons. The van der Waals surface area contributed by atoms with Crippen molar-refractivity contribution in [1.29, 1.82) is 0 Å². The first-order valence-corrected chi connectivity index (χ1v) is 6.12. The number of aromatic nitrogens is 1. The highest BCUT2D eigenvalue weighted by molar-refractivity contribution is 7.22. The van der Waals surface area contributed by atoms with Crippen LogP contribution in [0.5, 0.6) is 0 Å². The summed E-state index contributed by atoms with van der Waals surface area (Å²) in [6.07, 6.45) is 0. The van der Waals surface area contributed by atoms with Gasteiger partial charge in [0.25, 0.3) is 0 Å². The van der Waals surface area contributed by atoms with Crippen LogP contribution >= 0.6 is 11.3 Å². The van der Waals surface area contributed by atoms with Crippen molar-refractivity contribution in [3.63, 3.8) is 0 Å². The zero-order valence-electron chi connectivity index (χ0n) is 9.15. The summed E-state index contributed by atoms with van der Waals surface area (Å²) in [7, 11) is 0. The van der Waals surface area contributed by atoms with Gasteiger partial charge in [-0.2, -0.15) is 0 Å². The van der Waals surface area contributed by atoms with Crippen LogP contribution in [0.3, 0.4) is 0 Å². The second-order valence-electron chi connectivity index (χ2n) is 3.74. The zero-order valence-corrected chi connectivity index (χ0v) is 9.97. The van der Waals surface area contributed by atoms with E-state index in [-0.39, 0.29) is 0 Å². The summed E-state index contributed by atoms with van der Waals surface area (Å²) >= 11 is 1.29. The number of thiazole rings is 1. The van der Waals surface area contributed by atoms with Gasteiger partial charge in [-0.25, -0.2) is 13.8 Å². The molecule has 1 heterocycles. The molecule has 3 aromatic rings. The van der Waals surface area contributed by atoms with Gasteiger partial charge in [-0.3, -0.25) is 0 Å². The van der Waals surface area contributed by atoms with Crippen molar-refractivity contribution in [2.45, 2.75) is 0 Å². The average Bonchev–Trinajstić information content (AvgIpc) is 2.72. The van der Waals surface area contributed by atoms with E-state index < -0.39 is 11.6 Å². The molecule has 2 aromatic carbocycles. The van der Waals surface area contributed by atoms with Crippen LogP contribution in [0.2, 0.25) is 0 Å². The third-order valence-corrected chi connectivity index (χ3v) is 3.39. The van der Waals surface area contributed by atoms with Crippen LogP contribution < -0.4 is 5.32 Å². The summed E-state index contributed by atoms with van der Waals surface area (Å²) < 4.78 is 26.7. The minimum Gasteiger partial charge on any atom is -0.332 e. The van der Waals surface area contributed by atoms with Crippen LogP contribution in [0.25, 0.3) is 10.2 Å². The van der Waals surface area contributed by atoms with Gasteiger partial charge in [-0.05, 0) is 18.2 Å². The number of hydrogen-bond acceptors (Lipinski definition) is 3. The Kier molecular flexibility index (Phi) is 2.68. The lowest BCUT2D eigenvalue weighted by atomic mass is 10.3. The molecule has 0 amide bonds. The molecule has 0 radical (unpaired) electrons.